The molecule has 6 heteroatoms. The predicted octanol–water partition coefficient (Wildman–Crippen LogP) is 4.98. The van der Waals surface area contributed by atoms with E-state index in [2.05, 4.69) is 38.2 Å². The summed E-state index contributed by atoms with van der Waals surface area (Å²) < 4.78 is 0. The molecule has 0 aliphatic rings. The Morgan fingerprint density at radius 3 is 2.93 bits per heavy atom. The van der Waals surface area contributed by atoms with Gasteiger partial charge in [0, 0.05) is 40.8 Å². The second-order valence-corrected chi connectivity index (χ2v) is 6.68. The number of hydrogen-bond donors (Lipinski definition) is 2. The van der Waals surface area contributed by atoms with Crippen molar-refractivity contribution in [1.82, 2.24) is 19.9 Å². The molecule has 0 spiro atoms. The molecule has 3 heterocycles. The van der Waals surface area contributed by atoms with Gasteiger partial charge in [-0.1, -0.05) is 31.6 Å². The highest BCUT2D eigenvalue weighted by Crippen LogP contribution is 2.30. The van der Waals surface area contributed by atoms with Crippen LogP contribution in [0.2, 0.25) is 0 Å². The number of H-pyrrole nitrogens is 1. The lowest BCUT2D eigenvalue weighted by Crippen LogP contribution is -2.07. The van der Waals surface area contributed by atoms with Gasteiger partial charge in [-0.25, -0.2) is 15.0 Å². The van der Waals surface area contributed by atoms with E-state index in [-0.39, 0.29) is 5.91 Å². The van der Waals surface area contributed by atoms with E-state index in [4.69, 9.17) is 0 Å². The lowest BCUT2D eigenvalue weighted by Gasteiger charge is -2.07. The molecule has 29 heavy (non-hydrogen) atoms. The molecule has 0 radical (unpaired) electrons. The number of nitrogens with zero attached hydrogens (tertiary/aromatic N) is 3. The fraction of sp³-hybridized carbons (Fsp3) is 0.130. The first kappa shape index (κ1) is 18.6. The first-order valence-corrected chi connectivity index (χ1v) is 9.56. The van der Waals surface area contributed by atoms with Gasteiger partial charge < -0.3 is 10.3 Å². The maximum absolute atomic E-state index is 12.1. The number of rotatable bonds is 6. The van der Waals surface area contributed by atoms with E-state index >= 15 is 0 Å². The van der Waals surface area contributed by atoms with Crippen molar-refractivity contribution in [1.29, 1.82) is 0 Å². The van der Waals surface area contributed by atoms with Gasteiger partial charge in [-0.15, -0.1) is 0 Å². The van der Waals surface area contributed by atoms with Crippen LogP contribution < -0.4 is 5.32 Å². The third-order valence-corrected chi connectivity index (χ3v) is 4.58. The standard InChI is InChI=1S/C23H21N5O/c1-2-3-4-8-22(29)28-18-7-5-6-16(11-18)17-12-19-20(14-26-23(19)25-13-17)21-9-10-24-15-27-21/h4-15H,2-3H2,1H3,(H,25,26)(H,28,29)/b8-4+. The van der Waals surface area contributed by atoms with Crippen LogP contribution in [-0.2, 0) is 4.79 Å². The Morgan fingerprint density at radius 1 is 1.17 bits per heavy atom. The summed E-state index contributed by atoms with van der Waals surface area (Å²) in [5.41, 5.74) is 5.30. The van der Waals surface area contributed by atoms with Gasteiger partial charge in [0.25, 0.3) is 0 Å². The first-order valence-electron chi connectivity index (χ1n) is 9.56. The number of benzene rings is 1. The Labute approximate surface area is 168 Å². The smallest absolute Gasteiger partial charge is 0.248 e. The maximum Gasteiger partial charge on any atom is 0.248 e. The van der Waals surface area contributed by atoms with E-state index in [9.17, 15) is 4.79 Å². The van der Waals surface area contributed by atoms with Crippen molar-refractivity contribution >= 4 is 22.6 Å². The molecule has 0 fully saturated rings. The Hall–Kier alpha value is -3.80. The van der Waals surface area contributed by atoms with Gasteiger partial charge in [0.05, 0.1) is 5.69 Å². The molecule has 4 rings (SSSR count). The summed E-state index contributed by atoms with van der Waals surface area (Å²) in [5.74, 6) is -0.124. The molecule has 1 aromatic carbocycles. The molecular formula is C23H21N5O. The summed E-state index contributed by atoms with van der Waals surface area (Å²) in [5, 5.41) is 3.90. The number of amides is 1. The molecule has 3 aromatic heterocycles. The Morgan fingerprint density at radius 2 is 2.10 bits per heavy atom. The van der Waals surface area contributed by atoms with Crippen molar-refractivity contribution < 1.29 is 4.79 Å². The van der Waals surface area contributed by atoms with Crippen LogP contribution in [0.1, 0.15) is 19.8 Å². The molecule has 2 N–H and O–H groups in total. The van der Waals surface area contributed by atoms with Crippen molar-refractivity contribution in [3.63, 3.8) is 0 Å². The van der Waals surface area contributed by atoms with E-state index in [0.717, 1.165) is 51.9 Å². The van der Waals surface area contributed by atoms with Gasteiger partial charge in [0.15, 0.2) is 0 Å². The lowest BCUT2D eigenvalue weighted by molar-refractivity contribution is -0.111. The molecule has 0 saturated carbocycles. The largest absolute Gasteiger partial charge is 0.345 e. The summed E-state index contributed by atoms with van der Waals surface area (Å²) in [7, 11) is 0. The minimum absolute atomic E-state index is 0.124. The van der Waals surface area contributed by atoms with Crippen LogP contribution >= 0.6 is 0 Å². The van der Waals surface area contributed by atoms with Crippen molar-refractivity contribution in [3.05, 3.63) is 73.5 Å². The number of allylic oxidation sites excluding steroid dienone is 1. The zero-order chi connectivity index (χ0) is 20.1. The fourth-order valence-electron chi connectivity index (χ4n) is 3.14. The zero-order valence-corrected chi connectivity index (χ0v) is 16.1. The molecule has 144 valence electrons. The van der Waals surface area contributed by atoms with Crippen LogP contribution in [0.5, 0.6) is 0 Å². The number of aromatic amines is 1. The minimum Gasteiger partial charge on any atom is -0.345 e. The van der Waals surface area contributed by atoms with Gasteiger partial charge in [-0.3, -0.25) is 4.79 Å². The monoisotopic (exact) mass is 383 g/mol. The first-order chi connectivity index (χ1) is 14.2. The summed E-state index contributed by atoms with van der Waals surface area (Å²) in [4.78, 5) is 28.1. The van der Waals surface area contributed by atoms with Gasteiger partial charge in [-0.05, 0) is 42.3 Å². The average molecular weight is 383 g/mol. The third kappa shape index (κ3) is 4.21. The van der Waals surface area contributed by atoms with Crippen LogP contribution in [0.3, 0.4) is 0 Å². The molecule has 4 aromatic rings. The predicted molar refractivity (Wildman–Crippen MR) is 115 cm³/mol. The topological polar surface area (TPSA) is 83.6 Å². The SMILES string of the molecule is CCC/C=C/C(=O)Nc1cccc(-c2cnc3[nH]cc(-c4ccncn4)c3c2)c1. The van der Waals surface area contributed by atoms with E-state index in [1.807, 2.05) is 48.8 Å². The lowest BCUT2D eigenvalue weighted by atomic mass is 10.0. The number of aromatic nitrogens is 4. The van der Waals surface area contributed by atoms with Crippen molar-refractivity contribution in [2.75, 3.05) is 5.32 Å². The highest BCUT2D eigenvalue weighted by Gasteiger charge is 2.10. The van der Waals surface area contributed by atoms with Crippen molar-refractivity contribution in [2.24, 2.45) is 0 Å². The number of carbonyl (C=O) groups excluding carboxylic acids is 1. The van der Waals surface area contributed by atoms with Crippen LogP contribution in [0.25, 0.3) is 33.4 Å². The highest BCUT2D eigenvalue weighted by molar-refractivity contribution is 6.00. The second-order valence-electron chi connectivity index (χ2n) is 6.68. The summed E-state index contributed by atoms with van der Waals surface area (Å²) in [6.45, 7) is 2.08. The summed E-state index contributed by atoms with van der Waals surface area (Å²) >= 11 is 0. The summed E-state index contributed by atoms with van der Waals surface area (Å²) in [6.07, 6.45) is 12.4. The van der Waals surface area contributed by atoms with E-state index in [1.165, 1.54) is 6.33 Å². The van der Waals surface area contributed by atoms with E-state index in [1.54, 1.807) is 12.3 Å². The van der Waals surface area contributed by atoms with Gasteiger partial charge in [0.1, 0.15) is 12.0 Å². The Kier molecular flexibility index (Phi) is 5.42. The number of hydrogen-bond acceptors (Lipinski definition) is 4. The molecule has 1 amide bonds. The quantitative estimate of drug-likeness (QED) is 0.460. The molecule has 0 saturated heterocycles. The van der Waals surface area contributed by atoms with Crippen molar-refractivity contribution in [3.8, 4) is 22.4 Å². The third-order valence-electron chi connectivity index (χ3n) is 4.58. The van der Waals surface area contributed by atoms with E-state index < -0.39 is 0 Å². The Bertz CT molecular complexity index is 1160. The van der Waals surface area contributed by atoms with Crippen LogP contribution in [0, 0.1) is 0 Å². The van der Waals surface area contributed by atoms with Gasteiger partial charge >= 0.3 is 0 Å². The number of anilines is 1. The molecule has 0 aliphatic heterocycles. The number of pyridine rings is 1. The normalized spacial score (nSPS) is 11.2. The zero-order valence-electron chi connectivity index (χ0n) is 16.1. The van der Waals surface area contributed by atoms with Crippen LogP contribution in [-0.4, -0.2) is 25.8 Å². The maximum atomic E-state index is 12.1. The Balaban J connectivity index is 1.64. The molecule has 0 atom stereocenters. The van der Waals surface area contributed by atoms with Crippen LogP contribution in [0.4, 0.5) is 5.69 Å². The molecule has 0 aliphatic carbocycles. The number of nitrogens with one attached hydrogen (secondary N) is 2. The summed E-state index contributed by atoms with van der Waals surface area (Å²) in [6, 6.07) is 11.7. The minimum atomic E-state index is -0.124. The molecule has 0 bridgehead atoms. The fourth-order valence-corrected chi connectivity index (χ4v) is 3.14. The molecule has 6 nitrogen and oxygen atoms in total. The average Bonchev–Trinajstić information content (AvgIpc) is 3.18. The van der Waals surface area contributed by atoms with Crippen molar-refractivity contribution in [2.45, 2.75) is 19.8 Å². The van der Waals surface area contributed by atoms with Crippen LogP contribution in [0.15, 0.2) is 73.5 Å². The molecule has 0 unspecified atom stereocenters. The van der Waals surface area contributed by atoms with E-state index in [0.29, 0.717) is 0 Å². The molecular weight excluding hydrogens is 362 g/mol. The van der Waals surface area contributed by atoms with Gasteiger partial charge in [-0.2, -0.15) is 0 Å². The van der Waals surface area contributed by atoms with Gasteiger partial charge in [0.2, 0.25) is 5.91 Å². The second kappa shape index (κ2) is 8.48. The highest BCUT2D eigenvalue weighted by atomic mass is 16.1. The number of unbranched alkanes of at least 4 members (excludes halogenated alkanes) is 1. The number of carbonyl (C=O) groups is 1. The number of fused-ring (bicyclic) bond motifs is 1.